The maximum atomic E-state index is 12.2. The van der Waals surface area contributed by atoms with Gasteiger partial charge in [0.05, 0.1) is 11.8 Å². The zero-order valence-electron chi connectivity index (χ0n) is 13.1. The predicted octanol–water partition coefficient (Wildman–Crippen LogP) is 2.90. The van der Waals surface area contributed by atoms with Gasteiger partial charge in [-0.25, -0.2) is 13.1 Å². The summed E-state index contributed by atoms with van der Waals surface area (Å²) in [7, 11) is -3.30. The maximum Gasteiger partial charge on any atom is 0.244 e. The van der Waals surface area contributed by atoms with Crippen LogP contribution in [0.4, 0.5) is 0 Å². The average Bonchev–Trinajstić information content (AvgIpc) is 3.20. The summed E-state index contributed by atoms with van der Waals surface area (Å²) in [5, 5.41) is 4.03. The van der Waals surface area contributed by atoms with Gasteiger partial charge in [-0.2, -0.15) is 4.98 Å². The second-order valence-electron chi connectivity index (χ2n) is 6.74. The highest BCUT2D eigenvalue weighted by molar-refractivity contribution is 7.89. The fourth-order valence-corrected chi connectivity index (χ4v) is 5.32. The van der Waals surface area contributed by atoms with E-state index in [1.807, 2.05) is 0 Å². The normalized spacial score (nSPS) is 22.4. The first-order chi connectivity index (χ1) is 10.5. The quantitative estimate of drug-likeness (QED) is 0.868. The summed E-state index contributed by atoms with van der Waals surface area (Å²) < 4.78 is 32.4. The largest absolute Gasteiger partial charge is 0.338 e. The standard InChI is InChI=1S/C15H25N3O3S/c1-11(18-22(19,20)10-12-6-2-3-7-12)15-16-14(17-21-15)13-8-4-5-9-13/h11-13,18H,2-10H2,1H3/t11-/m1/s1. The number of nitrogens with zero attached hydrogens (tertiary/aromatic N) is 2. The van der Waals surface area contributed by atoms with Gasteiger partial charge in [0.2, 0.25) is 15.9 Å². The van der Waals surface area contributed by atoms with E-state index in [-0.39, 0.29) is 5.75 Å². The smallest absolute Gasteiger partial charge is 0.244 e. The van der Waals surface area contributed by atoms with Crippen LogP contribution in [0.25, 0.3) is 0 Å². The monoisotopic (exact) mass is 327 g/mol. The van der Waals surface area contributed by atoms with E-state index in [1.54, 1.807) is 6.92 Å². The van der Waals surface area contributed by atoms with E-state index in [9.17, 15) is 8.42 Å². The second-order valence-corrected chi connectivity index (χ2v) is 8.54. The lowest BCUT2D eigenvalue weighted by Gasteiger charge is -2.13. The van der Waals surface area contributed by atoms with Crippen LogP contribution in [0.3, 0.4) is 0 Å². The fourth-order valence-electron chi connectivity index (χ4n) is 3.63. The highest BCUT2D eigenvalue weighted by atomic mass is 32.2. The van der Waals surface area contributed by atoms with Gasteiger partial charge in [-0.1, -0.05) is 30.8 Å². The fraction of sp³-hybridized carbons (Fsp3) is 0.867. The summed E-state index contributed by atoms with van der Waals surface area (Å²) in [5.41, 5.74) is 0. The first-order valence-corrected chi connectivity index (χ1v) is 10.0. The minimum absolute atomic E-state index is 0.209. The SMILES string of the molecule is C[C@@H](NS(=O)(=O)CC1CCCC1)c1nc(C2CCCC2)no1. The number of rotatable bonds is 6. The summed E-state index contributed by atoms with van der Waals surface area (Å²) in [6.07, 6.45) is 8.93. The van der Waals surface area contributed by atoms with Crippen molar-refractivity contribution in [3.8, 4) is 0 Å². The van der Waals surface area contributed by atoms with E-state index in [0.29, 0.717) is 17.7 Å². The molecule has 1 aromatic heterocycles. The van der Waals surface area contributed by atoms with Crippen molar-refractivity contribution in [3.05, 3.63) is 11.7 Å². The molecule has 3 rings (SSSR count). The Morgan fingerprint density at radius 2 is 1.82 bits per heavy atom. The molecular formula is C15H25N3O3S. The van der Waals surface area contributed by atoms with E-state index < -0.39 is 16.1 Å². The molecule has 0 bridgehead atoms. The van der Waals surface area contributed by atoms with Gasteiger partial charge in [-0.05, 0) is 38.5 Å². The highest BCUT2D eigenvalue weighted by Crippen LogP contribution is 2.32. The van der Waals surface area contributed by atoms with Gasteiger partial charge in [0.15, 0.2) is 5.82 Å². The topological polar surface area (TPSA) is 85.1 Å². The molecule has 0 spiro atoms. The zero-order chi connectivity index (χ0) is 15.6. The van der Waals surface area contributed by atoms with Crippen LogP contribution in [0.1, 0.15) is 82.0 Å². The molecule has 2 saturated carbocycles. The summed E-state index contributed by atoms with van der Waals surface area (Å²) in [6, 6.07) is -0.464. The van der Waals surface area contributed by atoms with Crippen LogP contribution in [0, 0.1) is 5.92 Å². The van der Waals surface area contributed by atoms with Gasteiger partial charge in [-0.3, -0.25) is 0 Å². The molecule has 2 aliphatic carbocycles. The van der Waals surface area contributed by atoms with Crippen molar-refractivity contribution in [2.45, 2.75) is 70.3 Å². The van der Waals surface area contributed by atoms with Gasteiger partial charge in [0.1, 0.15) is 0 Å². The lowest BCUT2D eigenvalue weighted by atomic mass is 10.1. The molecule has 0 aromatic carbocycles. The van der Waals surface area contributed by atoms with Crippen molar-refractivity contribution in [3.63, 3.8) is 0 Å². The van der Waals surface area contributed by atoms with Crippen LogP contribution in [0.5, 0.6) is 0 Å². The van der Waals surface area contributed by atoms with Crippen molar-refractivity contribution < 1.29 is 12.9 Å². The minimum Gasteiger partial charge on any atom is -0.338 e. The van der Waals surface area contributed by atoms with Crippen LogP contribution in [0.2, 0.25) is 0 Å². The van der Waals surface area contributed by atoms with Crippen molar-refractivity contribution in [1.82, 2.24) is 14.9 Å². The third kappa shape index (κ3) is 3.87. The van der Waals surface area contributed by atoms with E-state index in [2.05, 4.69) is 14.9 Å². The molecule has 2 aliphatic rings. The predicted molar refractivity (Wildman–Crippen MR) is 82.8 cm³/mol. The molecule has 1 N–H and O–H groups in total. The molecule has 0 amide bonds. The van der Waals surface area contributed by atoms with Crippen LogP contribution >= 0.6 is 0 Å². The zero-order valence-corrected chi connectivity index (χ0v) is 13.9. The lowest BCUT2D eigenvalue weighted by molar-refractivity contribution is 0.347. The molecule has 22 heavy (non-hydrogen) atoms. The Hall–Kier alpha value is -0.950. The van der Waals surface area contributed by atoms with E-state index in [4.69, 9.17) is 4.52 Å². The average molecular weight is 327 g/mol. The van der Waals surface area contributed by atoms with Crippen molar-refractivity contribution in [2.75, 3.05) is 5.75 Å². The Kier molecular flexibility index (Phi) is 4.82. The van der Waals surface area contributed by atoms with Crippen LogP contribution in [0.15, 0.2) is 4.52 Å². The van der Waals surface area contributed by atoms with Gasteiger partial charge < -0.3 is 4.52 Å². The number of hydrogen-bond donors (Lipinski definition) is 1. The lowest BCUT2D eigenvalue weighted by Crippen LogP contribution is -2.31. The molecule has 1 heterocycles. The van der Waals surface area contributed by atoms with Crippen molar-refractivity contribution >= 4 is 10.0 Å². The maximum absolute atomic E-state index is 12.2. The highest BCUT2D eigenvalue weighted by Gasteiger charge is 2.27. The van der Waals surface area contributed by atoms with Gasteiger partial charge in [0, 0.05) is 5.92 Å². The molecule has 6 nitrogen and oxygen atoms in total. The van der Waals surface area contributed by atoms with Crippen LogP contribution in [-0.4, -0.2) is 24.3 Å². The Labute approximate surface area is 132 Å². The third-order valence-corrected chi connectivity index (χ3v) is 6.46. The van der Waals surface area contributed by atoms with E-state index in [1.165, 1.54) is 12.8 Å². The minimum atomic E-state index is -3.30. The summed E-state index contributed by atoms with van der Waals surface area (Å²) in [4.78, 5) is 4.40. The molecular weight excluding hydrogens is 302 g/mol. The molecule has 7 heteroatoms. The summed E-state index contributed by atoms with van der Waals surface area (Å²) in [6.45, 7) is 1.76. The number of aromatic nitrogens is 2. The second kappa shape index (κ2) is 6.66. The van der Waals surface area contributed by atoms with Crippen LogP contribution in [-0.2, 0) is 10.0 Å². The summed E-state index contributed by atoms with van der Waals surface area (Å²) >= 11 is 0. The Morgan fingerprint density at radius 1 is 1.18 bits per heavy atom. The molecule has 1 aromatic rings. The van der Waals surface area contributed by atoms with Crippen molar-refractivity contribution in [2.24, 2.45) is 5.92 Å². The number of hydrogen-bond acceptors (Lipinski definition) is 5. The first kappa shape index (κ1) is 15.9. The molecule has 0 saturated heterocycles. The molecule has 0 aliphatic heterocycles. The van der Waals surface area contributed by atoms with Gasteiger partial charge >= 0.3 is 0 Å². The number of nitrogens with one attached hydrogen (secondary N) is 1. The molecule has 2 fully saturated rings. The molecule has 124 valence electrons. The Morgan fingerprint density at radius 3 is 2.50 bits per heavy atom. The van der Waals surface area contributed by atoms with Gasteiger partial charge in [-0.15, -0.1) is 0 Å². The van der Waals surface area contributed by atoms with E-state index >= 15 is 0 Å². The van der Waals surface area contributed by atoms with Crippen LogP contribution < -0.4 is 4.72 Å². The van der Waals surface area contributed by atoms with Gasteiger partial charge in [0.25, 0.3) is 0 Å². The summed E-state index contributed by atoms with van der Waals surface area (Å²) in [5.74, 6) is 1.98. The number of sulfonamides is 1. The molecule has 1 atom stereocenters. The molecule has 0 radical (unpaired) electrons. The third-order valence-electron chi connectivity index (χ3n) is 4.83. The van der Waals surface area contributed by atoms with E-state index in [0.717, 1.165) is 44.3 Å². The first-order valence-electron chi connectivity index (χ1n) is 8.37. The Balaban J connectivity index is 1.59. The van der Waals surface area contributed by atoms with Crippen molar-refractivity contribution in [1.29, 1.82) is 0 Å². The Bertz CT molecular complexity index is 587. The molecule has 0 unspecified atom stereocenters.